The van der Waals surface area contributed by atoms with E-state index in [0.717, 1.165) is 19.3 Å². The summed E-state index contributed by atoms with van der Waals surface area (Å²) in [7, 11) is 0. The van der Waals surface area contributed by atoms with Crippen LogP contribution < -0.4 is 0 Å². The first-order valence-electron chi connectivity index (χ1n) is 7.55. The first-order chi connectivity index (χ1) is 8.72. The van der Waals surface area contributed by atoms with E-state index < -0.39 is 0 Å². The van der Waals surface area contributed by atoms with E-state index in [4.69, 9.17) is 0 Å². The Kier molecular flexibility index (Phi) is 7.00. The average Bonchev–Trinajstić information content (AvgIpc) is 2.38. The number of unbranched alkanes of at least 4 members (excludes halogenated alkanes) is 2. The van der Waals surface area contributed by atoms with Crippen LogP contribution in [0.15, 0.2) is 24.8 Å². The molecule has 0 radical (unpaired) electrons. The van der Waals surface area contributed by atoms with Gasteiger partial charge >= 0.3 is 0 Å². The van der Waals surface area contributed by atoms with Crippen molar-refractivity contribution in [3.63, 3.8) is 0 Å². The molecule has 0 aromatic carbocycles. The summed E-state index contributed by atoms with van der Waals surface area (Å²) in [4.78, 5) is 11.8. The molecule has 1 saturated carbocycles. The Balaban J connectivity index is 2.48. The van der Waals surface area contributed by atoms with Crippen molar-refractivity contribution in [2.24, 2.45) is 5.41 Å². The molecule has 0 aliphatic heterocycles. The van der Waals surface area contributed by atoms with Crippen LogP contribution in [0.25, 0.3) is 0 Å². The Morgan fingerprint density at radius 2 is 1.94 bits per heavy atom. The van der Waals surface area contributed by atoms with Crippen LogP contribution in [0.5, 0.6) is 0 Å². The van der Waals surface area contributed by atoms with Crippen molar-refractivity contribution in [3.05, 3.63) is 24.8 Å². The maximum atomic E-state index is 11.8. The van der Waals surface area contributed by atoms with E-state index in [-0.39, 0.29) is 5.41 Å². The minimum absolute atomic E-state index is 0.237. The summed E-state index contributed by atoms with van der Waals surface area (Å²) in [6.45, 7) is 6.04. The van der Waals surface area contributed by atoms with E-state index in [1.807, 2.05) is 12.2 Å². The highest BCUT2D eigenvalue weighted by atomic mass is 16.1. The highest BCUT2D eigenvalue weighted by Gasteiger charge is 2.27. The largest absolute Gasteiger partial charge is 0.295 e. The van der Waals surface area contributed by atoms with Crippen molar-refractivity contribution in [1.82, 2.24) is 0 Å². The second kappa shape index (κ2) is 8.29. The number of hydrogen-bond donors (Lipinski definition) is 0. The Hall–Kier alpha value is -0.850. The van der Waals surface area contributed by atoms with E-state index in [9.17, 15) is 4.79 Å². The van der Waals surface area contributed by atoms with Gasteiger partial charge in [-0.15, -0.1) is 6.58 Å². The number of ketones is 1. The highest BCUT2D eigenvalue weighted by molar-refractivity contribution is 5.89. The van der Waals surface area contributed by atoms with Crippen molar-refractivity contribution in [3.8, 4) is 0 Å². The smallest absolute Gasteiger partial charge is 0.155 e. The second-order valence-corrected chi connectivity index (χ2v) is 5.67. The third kappa shape index (κ3) is 5.20. The molecule has 1 fully saturated rings. The van der Waals surface area contributed by atoms with Gasteiger partial charge in [0.1, 0.15) is 0 Å². The fourth-order valence-electron chi connectivity index (χ4n) is 2.88. The summed E-state index contributed by atoms with van der Waals surface area (Å²) in [5, 5.41) is 0. The maximum Gasteiger partial charge on any atom is 0.155 e. The van der Waals surface area contributed by atoms with Gasteiger partial charge in [-0.25, -0.2) is 0 Å². The van der Waals surface area contributed by atoms with E-state index in [0.29, 0.717) is 12.2 Å². The molecule has 1 aliphatic rings. The molecular weight excluding hydrogens is 220 g/mol. The molecule has 1 heteroatoms. The van der Waals surface area contributed by atoms with Crippen LogP contribution in [0.4, 0.5) is 0 Å². The molecule has 0 atom stereocenters. The zero-order valence-electron chi connectivity index (χ0n) is 11.9. The molecule has 0 saturated heterocycles. The normalized spacial score (nSPS) is 18.9. The van der Waals surface area contributed by atoms with E-state index >= 15 is 0 Å². The number of allylic oxidation sites excluding steroid dienone is 3. The predicted molar refractivity (Wildman–Crippen MR) is 78.6 cm³/mol. The monoisotopic (exact) mass is 248 g/mol. The maximum absolute atomic E-state index is 11.8. The van der Waals surface area contributed by atoms with Gasteiger partial charge < -0.3 is 0 Å². The SMILES string of the molecule is C=CCC1(/C=C/C(=O)CCCCC)CCCCC1. The van der Waals surface area contributed by atoms with E-state index in [1.54, 1.807) is 0 Å². The molecule has 0 bridgehead atoms. The summed E-state index contributed by atoms with van der Waals surface area (Å²) in [5.41, 5.74) is 0.237. The average molecular weight is 248 g/mol. The Morgan fingerprint density at radius 3 is 2.56 bits per heavy atom. The number of carbonyl (C=O) groups excluding carboxylic acids is 1. The molecule has 0 amide bonds. The molecule has 0 aromatic heterocycles. The lowest BCUT2D eigenvalue weighted by Gasteiger charge is -2.33. The molecule has 1 aliphatic carbocycles. The van der Waals surface area contributed by atoms with E-state index in [2.05, 4.69) is 19.6 Å². The lowest BCUT2D eigenvalue weighted by molar-refractivity contribution is -0.114. The summed E-state index contributed by atoms with van der Waals surface area (Å²) in [6.07, 6.45) is 17.5. The highest BCUT2D eigenvalue weighted by Crippen LogP contribution is 2.40. The Morgan fingerprint density at radius 1 is 1.22 bits per heavy atom. The fraction of sp³-hybridized carbons (Fsp3) is 0.706. The fourth-order valence-corrected chi connectivity index (χ4v) is 2.88. The third-order valence-corrected chi connectivity index (χ3v) is 4.05. The Bertz CT molecular complexity index is 282. The van der Waals surface area contributed by atoms with Crippen molar-refractivity contribution >= 4 is 5.78 Å². The first kappa shape index (κ1) is 15.2. The van der Waals surface area contributed by atoms with Gasteiger partial charge in [-0.3, -0.25) is 4.79 Å². The lowest BCUT2D eigenvalue weighted by Crippen LogP contribution is -2.21. The number of carbonyl (C=O) groups is 1. The van der Waals surface area contributed by atoms with Gasteiger partial charge in [0.2, 0.25) is 0 Å². The van der Waals surface area contributed by atoms with Gasteiger partial charge in [0.05, 0.1) is 0 Å². The zero-order chi connectivity index (χ0) is 13.3. The lowest BCUT2D eigenvalue weighted by atomic mass is 9.71. The summed E-state index contributed by atoms with van der Waals surface area (Å²) < 4.78 is 0. The molecule has 0 heterocycles. The molecule has 0 spiro atoms. The van der Waals surface area contributed by atoms with Gasteiger partial charge in [0.15, 0.2) is 5.78 Å². The molecule has 1 rings (SSSR count). The van der Waals surface area contributed by atoms with Gasteiger partial charge in [0.25, 0.3) is 0 Å². The zero-order valence-corrected chi connectivity index (χ0v) is 11.9. The summed E-state index contributed by atoms with van der Waals surface area (Å²) in [6, 6.07) is 0. The van der Waals surface area contributed by atoms with Crippen molar-refractivity contribution in [2.75, 3.05) is 0 Å². The van der Waals surface area contributed by atoms with Crippen LogP contribution in [-0.4, -0.2) is 5.78 Å². The molecule has 18 heavy (non-hydrogen) atoms. The summed E-state index contributed by atoms with van der Waals surface area (Å²) >= 11 is 0. The first-order valence-corrected chi connectivity index (χ1v) is 7.55. The van der Waals surface area contributed by atoms with Crippen molar-refractivity contribution < 1.29 is 4.79 Å². The van der Waals surface area contributed by atoms with Crippen LogP contribution in [0.3, 0.4) is 0 Å². The second-order valence-electron chi connectivity index (χ2n) is 5.67. The van der Waals surface area contributed by atoms with Crippen molar-refractivity contribution in [1.29, 1.82) is 0 Å². The van der Waals surface area contributed by atoms with Crippen LogP contribution in [0, 0.1) is 5.41 Å². The Labute approximate surface area is 112 Å². The van der Waals surface area contributed by atoms with E-state index in [1.165, 1.54) is 38.5 Å². The predicted octanol–water partition coefficient (Wildman–Crippen LogP) is 5.22. The molecule has 0 unspecified atom stereocenters. The molecule has 0 aromatic rings. The van der Waals surface area contributed by atoms with Crippen LogP contribution >= 0.6 is 0 Å². The van der Waals surface area contributed by atoms with Crippen LogP contribution in [-0.2, 0) is 4.79 Å². The summed E-state index contributed by atoms with van der Waals surface area (Å²) in [5.74, 6) is 0.303. The molecule has 1 nitrogen and oxygen atoms in total. The quantitative estimate of drug-likeness (QED) is 0.327. The van der Waals surface area contributed by atoms with Crippen LogP contribution in [0.2, 0.25) is 0 Å². The number of rotatable bonds is 8. The molecule has 102 valence electrons. The van der Waals surface area contributed by atoms with Gasteiger partial charge in [-0.2, -0.15) is 0 Å². The van der Waals surface area contributed by atoms with Crippen LogP contribution in [0.1, 0.15) is 71.1 Å². The molecule has 0 N–H and O–H groups in total. The van der Waals surface area contributed by atoms with Gasteiger partial charge in [-0.05, 0) is 37.2 Å². The minimum Gasteiger partial charge on any atom is -0.295 e. The third-order valence-electron chi connectivity index (χ3n) is 4.05. The standard InChI is InChI=1S/C17H28O/c1-3-5-7-10-16(18)11-15-17(12-4-2)13-8-6-9-14-17/h4,11,15H,2-3,5-10,12-14H2,1H3/b15-11+. The molecular formula is C17H28O. The van der Waals surface area contributed by atoms with Crippen molar-refractivity contribution in [2.45, 2.75) is 71.1 Å². The number of hydrogen-bond acceptors (Lipinski definition) is 1. The van der Waals surface area contributed by atoms with Gasteiger partial charge in [-0.1, -0.05) is 51.2 Å². The minimum atomic E-state index is 0.237. The van der Waals surface area contributed by atoms with Gasteiger partial charge in [0, 0.05) is 6.42 Å². The topological polar surface area (TPSA) is 17.1 Å².